The van der Waals surface area contributed by atoms with Crippen molar-refractivity contribution in [2.24, 2.45) is 5.92 Å². The Balaban J connectivity index is 1.81. The number of hydrogen-bond donors (Lipinski definition) is 1. The van der Waals surface area contributed by atoms with Crippen LogP contribution < -0.4 is 14.4 Å². The predicted molar refractivity (Wildman–Crippen MR) is 178 cm³/mol. The van der Waals surface area contributed by atoms with Crippen molar-refractivity contribution in [3.63, 3.8) is 0 Å². The third kappa shape index (κ3) is 8.86. The fourth-order valence-electron chi connectivity index (χ4n) is 4.83. The van der Waals surface area contributed by atoms with Crippen molar-refractivity contribution in [3.05, 3.63) is 125 Å². The van der Waals surface area contributed by atoms with Crippen molar-refractivity contribution >= 4 is 39.1 Å². The summed E-state index contributed by atoms with van der Waals surface area (Å²) in [6, 6.07) is 30.0. The summed E-state index contributed by atoms with van der Waals surface area (Å²) in [5, 5.41) is 3.52. The molecule has 45 heavy (non-hydrogen) atoms. The third-order valence-corrected chi connectivity index (χ3v) is 9.21. The first kappa shape index (κ1) is 33.6. The molecule has 0 fully saturated rings. The van der Waals surface area contributed by atoms with E-state index >= 15 is 0 Å². The van der Waals surface area contributed by atoms with Crippen LogP contribution >= 0.6 is 11.6 Å². The smallest absolute Gasteiger partial charge is 0.264 e. The number of methoxy groups -OCH3 is 1. The number of nitrogens with one attached hydrogen (secondary N) is 1. The van der Waals surface area contributed by atoms with Gasteiger partial charge in [0.05, 0.1) is 17.7 Å². The zero-order valence-electron chi connectivity index (χ0n) is 25.6. The van der Waals surface area contributed by atoms with Crippen molar-refractivity contribution < 1.29 is 22.7 Å². The van der Waals surface area contributed by atoms with Crippen LogP contribution in [0.25, 0.3) is 0 Å². The summed E-state index contributed by atoms with van der Waals surface area (Å²) >= 11 is 6.15. The molecule has 0 saturated carbocycles. The van der Waals surface area contributed by atoms with Gasteiger partial charge >= 0.3 is 0 Å². The number of sulfonamides is 1. The van der Waals surface area contributed by atoms with Crippen molar-refractivity contribution in [3.8, 4) is 5.75 Å². The standard InChI is InChI=1S/C35H38ClN3O5S/c1-26(2)23-37-35(41)32(22-27-12-6-4-7-13-27)38(24-28-18-20-29(36)21-19-28)34(40)25-39(31-16-10-11-17-33(31)44-3)45(42,43)30-14-8-5-9-15-30/h4-21,26,32H,22-25H2,1-3H3,(H,37,41)/t32-/m0/s1. The first-order valence-electron chi connectivity index (χ1n) is 14.7. The van der Waals surface area contributed by atoms with E-state index in [1.807, 2.05) is 44.2 Å². The largest absolute Gasteiger partial charge is 0.495 e. The van der Waals surface area contributed by atoms with Crippen LogP contribution in [0.4, 0.5) is 5.69 Å². The van der Waals surface area contributed by atoms with E-state index < -0.39 is 28.5 Å². The van der Waals surface area contributed by atoms with E-state index in [1.165, 1.54) is 24.1 Å². The van der Waals surface area contributed by atoms with Crippen LogP contribution in [0, 0.1) is 5.92 Å². The highest BCUT2D eigenvalue weighted by atomic mass is 35.5. The number of nitrogens with zero attached hydrogens (tertiary/aromatic N) is 2. The Morgan fingerprint density at radius 1 is 0.822 bits per heavy atom. The number of hydrogen-bond acceptors (Lipinski definition) is 5. The molecule has 4 aromatic carbocycles. The van der Waals surface area contributed by atoms with Gasteiger partial charge in [-0.15, -0.1) is 0 Å². The molecule has 1 atom stereocenters. The van der Waals surface area contributed by atoms with Crippen LogP contribution in [0.2, 0.25) is 5.02 Å². The van der Waals surface area contributed by atoms with Crippen LogP contribution in [0.15, 0.2) is 114 Å². The quantitative estimate of drug-likeness (QED) is 0.182. The number of rotatable bonds is 14. The summed E-state index contributed by atoms with van der Waals surface area (Å²) in [6.45, 7) is 3.87. The van der Waals surface area contributed by atoms with Crippen LogP contribution in [0.3, 0.4) is 0 Å². The van der Waals surface area contributed by atoms with Crippen molar-refractivity contribution in [1.82, 2.24) is 10.2 Å². The van der Waals surface area contributed by atoms with Crippen molar-refractivity contribution in [1.29, 1.82) is 0 Å². The lowest BCUT2D eigenvalue weighted by atomic mass is 10.0. The summed E-state index contributed by atoms with van der Waals surface area (Å²) < 4.78 is 34.8. The van der Waals surface area contributed by atoms with E-state index in [1.54, 1.807) is 66.7 Å². The molecule has 236 valence electrons. The van der Waals surface area contributed by atoms with E-state index in [0.717, 1.165) is 15.4 Å². The third-order valence-electron chi connectivity index (χ3n) is 7.19. The van der Waals surface area contributed by atoms with Gasteiger partial charge in [0.2, 0.25) is 11.8 Å². The second-order valence-electron chi connectivity index (χ2n) is 11.0. The molecule has 1 N–H and O–H groups in total. The molecular weight excluding hydrogens is 610 g/mol. The molecule has 4 rings (SSSR count). The van der Waals surface area contributed by atoms with Crippen molar-refractivity contribution in [2.45, 2.75) is 37.8 Å². The van der Waals surface area contributed by atoms with Crippen LogP contribution in [-0.4, -0.2) is 51.4 Å². The monoisotopic (exact) mass is 647 g/mol. The Bertz CT molecular complexity index is 1670. The average Bonchev–Trinajstić information content (AvgIpc) is 3.05. The number of anilines is 1. The molecule has 0 unspecified atom stereocenters. The molecule has 0 aliphatic rings. The zero-order chi connectivity index (χ0) is 32.4. The summed E-state index contributed by atoms with van der Waals surface area (Å²) in [6.07, 6.45) is 0.226. The van der Waals surface area contributed by atoms with Gasteiger partial charge in [0.25, 0.3) is 10.0 Å². The molecule has 0 aliphatic carbocycles. The average molecular weight is 648 g/mol. The highest BCUT2D eigenvalue weighted by Crippen LogP contribution is 2.32. The Hall–Kier alpha value is -4.34. The lowest BCUT2D eigenvalue weighted by Crippen LogP contribution is -2.53. The van der Waals surface area contributed by atoms with Gasteiger partial charge in [0, 0.05) is 24.5 Å². The highest BCUT2D eigenvalue weighted by molar-refractivity contribution is 7.92. The van der Waals surface area contributed by atoms with Gasteiger partial charge in [0.1, 0.15) is 18.3 Å². The minimum atomic E-state index is -4.23. The SMILES string of the molecule is COc1ccccc1N(CC(=O)N(Cc1ccc(Cl)cc1)[C@@H](Cc1ccccc1)C(=O)NCC(C)C)S(=O)(=O)c1ccccc1. The van der Waals surface area contributed by atoms with Gasteiger partial charge < -0.3 is 15.0 Å². The Morgan fingerprint density at radius 2 is 1.42 bits per heavy atom. The lowest BCUT2D eigenvalue weighted by molar-refractivity contribution is -0.140. The highest BCUT2D eigenvalue weighted by Gasteiger charge is 2.35. The number of amides is 2. The molecule has 2 amide bonds. The Kier molecular flexibility index (Phi) is 11.6. The van der Waals surface area contributed by atoms with E-state index in [-0.39, 0.29) is 41.1 Å². The maximum absolute atomic E-state index is 14.5. The molecular formula is C35H38ClN3O5S. The number of halogens is 1. The van der Waals surface area contributed by atoms with Crippen molar-refractivity contribution in [2.75, 3.05) is 24.5 Å². The maximum Gasteiger partial charge on any atom is 0.264 e. The molecule has 0 spiro atoms. The Labute approximate surface area is 270 Å². The first-order valence-corrected chi connectivity index (χ1v) is 16.5. The molecule has 0 aromatic heterocycles. The second kappa shape index (κ2) is 15.6. The first-order chi connectivity index (χ1) is 21.6. The summed E-state index contributed by atoms with van der Waals surface area (Å²) in [5.74, 6) is -0.422. The maximum atomic E-state index is 14.5. The van der Waals surface area contributed by atoms with E-state index in [4.69, 9.17) is 16.3 Å². The molecule has 0 bridgehead atoms. The summed E-state index contributed by atoms with van der Waals surface area (Å²) in [4.78, 5) is 29.8. The normalized spacial score (nSPS) is 11.9. The predicted octanol–water partition coefficient (Wildman–Crippen LogP) is 5.96. The molecule has 0 saturated heterocycles. The molecule has 0 radical (unpaired) electrons. The number of carbonyl (C=O) groups excluding carboxylic acids is 2. The molecule has 4 aromatic rings. The van der Waals surface area contributed by atoms with Crippen LogP contribution in [0.5, 0.6) is 5.75 Å². The second-order valence-corrected chi connectivity index (χ2v) is 13.3. The van der Waals surface area contributed by atoms with Gasteiger partial charge in [-0.05, 0) is 53.4 Å². The minimum Gasteiger partial charge on any atom is -0.495 e. The van der Waals surface area contributed by atoms with Crippen LogP contribution in [-0.2, 0) is 32.6 Å². The number of benzene rings is 4. The van der Waals surface area contributed by atoms with Crippen LogP contribution in [0.1, 0.15) is 25.0 Å². The van der Waals surface area contributed by atoms with Gasteiger partial charge in [-0.2, -0.15) is 0 Å². The topological polar surface area (TPSA) is 96.0 Å². The van der Waals surface area contributed by atoms with Gasteiger partial charge in [-0.3, -0.25) is 13.9 Å². The Morgan fingerprint density at radius 3 is 2.04 bits per heavy atom. The number of ether oxygens (including phenoxy) is 1. The number of para-hydroxylation sites is 2. The molecule has 0 heterocycles. The van der Waals surface area contributed by atoms with E-state index in [9.17, 15) is 18.0 Å². The number of carbonyl (C=O) groups is 2. The summed E-state index contributed by atoms with van der Waals surface area (Å²) in [7, 11) is -2.79. The van der Waals surface area contributed by atoms with E-state index in [0.29, 0.717) is 11.6 Å². The van der Waals surface area contributed by atoms with Gasteiger partial charge in [0.15, 0.2) is 0 Å². The molecule has 0 aliphatic heterocycles. The summed E-state index contributed by atoms with van der Waals surface area (Å²) in [5.41, 5.74) is 1.79. The van der Waals surface area contributed by atoms with E-state index in [2.05, 4.69) is 5.32 Å². The fourth-order valence-corrected chi connectivity index (χ4v) is 6.40. The minimum absolute atomic E-state index is 0.0171. The zero-order valence-corrected chi connectivity index (χ0v) is 27.2. The molecule has 8 nitrogen and oxygen atoms in total. The van der Waals surface area contributed by atoms with Gasteiger partial charge in [-0.25, -0.2) is 8.42 Å². The lowest BCUT2D eigenvalue weighted by Gasteiger charge is -2.34. The van der Waals surface area contributed by atoms with Gasteiger partial charge in [-0.1, -0.05) is 98.2 Å². The fraction of sp³-hybridized carbons (Fsp3) is 0.257. The molecule has 10 heteroatoms.